The van der Waals surface area contributed by atoms with Gasteiger partial charge in [0.1, 0.15) is 0 Å². The molecule has 0 spiro atoms. The Kier molecular flexibility index (Phi) is 5.00. The van der Waals surface area contributed by atoms with Gasteiger partial charge < -0.3 is 15.4 Å². The van der Waals surface area contributed by atoms with E-state index in [2.05, 4.69) is 15.4 Å². The smallest absolute Gasteiger partial charge is 0.406 e. The van der Waals surface area contributed by atoms with Crippen LogP contribution in [0.3, 0.4) is 0 Å². The molecule has 92 valence electrons. The van der Waals surface area contributed by atoms with Crippen LogP contribution in [0.15, 0.2) is 24.3 Å². The zero-order valence-electron chi connectivity index (χ0n) is 9.95. The summed E-state index contributed by atoms with van der Waals surface area (Å²) in [4.78, 5) is 22.5. The molecule has 0 aromatic heterocycles. The molecule has 1 aromatic carbocycles. The minimum Gasteiger partial charge on any atom is -0.453 e. The number of rotatable bonds is 4. The summed E-state index contributed by atoms with van der Waals surface area (Å²) < 4.78 is 4.40. The first-order valence-electron chi connectivity index (χ1n) is 5.31. The molecule has 0 saturated carbocycles. The molecule has 1 rings (SSSR count). The molecule has 0 fully saturated rings. The lowest BCUT2D eigenvalue weighted by Crippen LogP contribution is -2.34. The zero-order chi connectivity index (χ0) is 12.7. The maximum Gasteiger partial charge on any atom is 0.406 e. The highest BCUT2D eigenvalue weighted by atomic mass is 16.5. The Bertz CT molecular complexity index is 404. The molecule has 17 heavy (non-hydrogen) atoms. The minimum absolute atomic E-state index is 0.144. The minimum atomic E-state index is -0.504. The molecule has 0 bridgehead atoms. The fourth-order valence-corrected chi connectivity index (χ4v) is 1.34. The molecule has 0 radical (unpaired) electrons. The van der Waals surface area contributed by atoms with Crippen molar-refractivity contribution in [3.8, 4) is 0 Å². The van der Waals surface area contributed by atoms with Crippen molar-refractivity contribution >= 4 is 12.0 Å². The summed E-state index contributed by atoms with van der Waals surface area (Å²) in [6.45, 7) is 2.58. The van der Waals surface area contributed by atoms with E-state index in [9.17, 15) is 9.59 Å². The van der Waals surface area contributed by atoms with Crippen LogP contribution in [0.5, 0.6) is 0 Å². The fraction of sp³-hybridized carbons (Fsp3) is 0.333. The van der Waals surface area contributed by atoms with Crippen molar-refractivity contribution in [1.82, 2.24) is 10.6 Å². The van der Waals surface area contributed by atoms with Crippen LogP contribution < -0.4 is 10.6 Å². The van der Waals surface area contributed by atoms with E-state index in [0.717, 1.165) is 5.56 Å². The van der Waals surface area contributed by atoms with Crippen LogP contribution in [-0.4, -0.2) is 32.2 Å². The Balaban J connectivity index is 2.36. The molecule has 0 aliphatic carbocycles. The van der Waals surface area contributed by atoms with E-state index < -0.39 is 6.09 Å². The molecule has 1 aromatic rings. The number of methoxy groups -OCH3 is 1. The van der Waals surface area contributed by atoms with Gasteiger partial charge in [0, 0.05) is 18.7 Å². The van der Waals surface area contributed by atoms with E-state index in [1.165, 1.54) is 7.11 Å². The van der Waals surface area contributed by atoms with Crippen molar-refractivity contribution in [2.45, 2.75) is 6.92 Å². The molecule has 0 unspecified atom stereocenters. The predicted molar refractivity (Wildman–Crippen MR) is 63.9 cm³/mol. The van der Waals surface area contributed by atoms with Gasteiger partial charge in [-0.3, -0.25) is 4.79 Å². The second-order valence-corrected chi connectivity index (χ2v) is 3.49. The number of hydrogen-bond donors (Lipinski definition) is 2. The van der Waals surface area contributed by atoms with Crippen molar-refractivity contribution in [2.75, 3.05) is 20.2 Å². The van der Waals surface area contributed by atoms with Gasteiger partial charge in [-0.25, -0.2) is 4.79 Å². The molecule has 0 aliphatic heterocycles. The summed E-state index contributed by atoms with van der Waals surface area (Å²) in [7, 11) is 1.29. The van der Waals surface area contributed by atoms with Gasteiger partial charge in [-0.15, -0.1) is 0 Å². The van der Waals surface area contributed by atoms with Gasteiger partial charge in [0.15, 0.2) is 0 Å². The second kappa shape index (κ2) is 6.52. The summed E-state index contributed by atoms with van der Waals surface area (Å²) in [5.74, 6) is -0.144. The van der Waals surface area contributed by atoms with Gasteiger partial charge >= 0.3 is 6.09 Å². The number of carbonyl (C=O) groups excluding carboxylic acids is 2. The third-order valence-electron chi connectivity index (χ3n) is 2.25. The maximum atomic E-state index is 11.7. The quantitative estimate of drug-likeness (QED) is 0.769. The Morgan fingerprint density at radius 1 is 1.18 bits per heavy atom. The highest BCUT2D eigenvalue weighted by Crippen LogP contribution is 2.05. The SMILES string of the molecule is COC(=O)NCCNC(=O)c1ccccc1C. The van der Waals surface area contributed by atoms with E-state index in [1.54, 1.807) is 6.07 Å². The Labute approximate surface area is 100 Å². The van der Waals surface area contributed by atoms with Crippen LogP contribution in [0.4, 0.5) is 4.79 Å². The first-order chi connectivity index (χ1) is 8.15. The number of ether oxygens (including phenoxy) is 1. The summed E-state index contributed by atoms with van der Waals surface area (Å²) >= 11 is 0. The van der Waals surface area contributed by atoms with Crippen molar-refractivity contribution in [2.24, 2.45) is 0 Å². The normalized spacial score (nSPS) is 9.53. The van der Waals surface area contributed by atoms with Gasteiger partial charge in [0.2, 0.25) is 0 Å². The third-order valence-corrected chi connectivity index (χ3v) is 2.25. The van der Waals surface area contributed by atoms with Crippen molar-refractivity contribution in [3.05, 3.63) is 35.4 Å². The van der Waals surface area contributed by atoms with E-state index in [0.29, 0.717) is 18.7 Å². The number of benzene rings is 1. The van der Waals surface area contributed by atoms with Gasteiger partial charge in [0.05, 0.1) is 7.11 Å². The average Bonchev–Trinajstić information content (AvgIpc) is 2.34. The van der Waals surface area contributed by atoms with Gasteiger partial charge in [-0.05, 0) is 18.6 Å². The number of hydrogen-bond acceptors (Lipinski definition) is 3. The molecular weight excluding hydrogens is 220 g/mol. The monoisotopic (exact) mass is 236 g/mol. The summed E-state index contributed by atoms with van der Waals surface area (Å²) in [5, 5.41) is 5.19. The van der Waals surface area contributed by atoms with Crippen LogP contribution >= 0.6 is 0 Å². The lowest BCUT2D eigenvalue weighted by Gasteiger charge is -2.07. The summed E-state index contributed by atoms with van der Waals surface area (Å²) in [6.07, 6.45) is -0.504. The molecular formula is C12H16N2O3. The maximum absolute atomic E-state index is 11.7. The Morgan fingerprint density at radius 2 is 1.82 bits per heavy atom. The predicted octanol–water partition coefficient (Wildman–Crippen LogP) is 1.08. The first kappa shape index (κ1) is 13.0. The van der Waals surface area contributed by atoms with Gasteiger partial charge in [-0.2, -0.15) is 0 Å². The van der Waals surface area contributed by atoms with E-state index in [4.69, 9.17) is 0 Å². The zero-order valence-corrected chi connectivity index (χ0v) is 9.95. The lowest BCUT2D eigenvalue weighted by atomic mass is 10.1. The van der Waals surface area contributed by atoms with Crippen LogP contribution in [-0.2, 0) is 4.74 Å². The number of aryl methyl sites for hydroxylation is 1. The van der Waals surface area contributed by atoms with E-state index >= 15 is 0 Å². The highest BCUT2D eigenvalue weighted by molar-refractivity contribution is 5.95. The Hall–Kier alpha value is -2.04. The summed E-state index contributed by atoms with van der Waals surface area (Å²) in [5.41, 5.74) is 1.57. The molecule has 2 amide bonds. The number of nitrogens with one attached hydrogen (secondary N) is 2. The average molecular weight is 236 g/mol. The van der Waals surface area contributed by atoms with Gasteiger partial charge in [0.25, 0.3) is 5.91 Å². The molecule has 0 heterocycles. The largest absolute Gasteiger partial charge is 0.453 e. The molecule has 0 atom stereocenters. The molecule has 0 saturated heterocycles. The molecule has 2 N–H and O–H groups in total. The van der Waals surface area contributed by atoms with Crippen molar-refractivity contribution in [3.63, 3.8) is 0 Å². The topological polar surface area (TPSA) is 67.4 Å². The Morgan fingerprint density at radius 3 is 2.47 bits per heavy atom. The van der Waals surface area contributed by atoms with E-state index in [-0.39, 0.29) is 5.91 Å². The standard InChI is InChI=1S/C12H16N2O3/c1-9-5-3-4-6-10(9)11(15)13-7-8-14-12(16)17-2/h3-6H,7-8H2,1-2H3,(H,13,15)(H,14,16). The number of carbonyl (C=O) groups is 2. The first-order valence-corrected chi connectivity index (χ1v) is 5.31. The van der Waals surface area contributed by atoms with Crippen LogP contribution in [0.1, 0.15) is 15.9 Å². The highest BCUT2D eigenvalue weighted by Gasteiger charge is 2.07. The fourth-order valence-electron chi connectivity index (χ4n) is 1.34. The molecule has 5 heteroatoms. The molecule has 5 nitrogen and oxygen atoms in total. The van der Waals surface area contributed by atoms with Crippen molar-refractivity contribution in [1.29, 1.82) is 0 Å². The van der Waals surface area contributed by atoms with Gasteiger partial charge in [-0.1, -0.05) is 18.2 Å². The number of alkyl carbamates (subject to hydrolysis) is 1. The molecule has 0 aliphatic rings. The summed E-state index contributed by atoms with van der Waals surface area (Å²) in [6, 6.07) is 7.33. The third kappa shape index (κ3) is 4.14. The van der Waals surface area contributed by atoms with Crippen LogP contribution in [0.2, 0.25) is 0 Å². The lowest BCUT2D eigenvalue weighted by molar-refractivity contribution is 0.0952. The van der Waals surface area contributed by atoms with Crippen LogP contribution in [0, 0.1) is 6.92 Å². The second-order valence-electron chi connectivity index (χ2n) is 3.49. The number of amides is 2. The van der Waals surface area contributed by atoms with Crippen molar-refractivity contribution < 1.29 is 14.3 Å². The van der Waals surface area contributed by atoms with Crippen LogP contribution in [0.25, 0.3) is 0 Å². The van der Waals surface area contributed by atoms with E-state index in [1.807, 2.05) is 25.1 Å².